The van der Waals surface area contributed by atoms with Crippen molar-refractivity contribution in [2.24, 2.45) is 0 Å². The summed E-state index contributed by atoms with van der Waals surface area (Å²) in [5.74, 6) is -0.306. The number of hydrogen-bond donors (Lipinski definition) is 1. The number of carbonyl (C=O) groups is 2. The molecular weight excluding hydrogens is 275 g/mol. The summed E-state index contributed by atoms with van der Waals surface area (Å²) in [6.45, 7) is 3.70. The second-order valence-electron chi connectivity index (χ2n) is 4.23. The second kappa shape index (κ2) is 4.44. The molecule has 4 nitrogen and oxygen atoms in total. The maximum Gasteiger partial charge on any atom is 0.325 e. The fraction of sp³-hybridized carbons (Fsp3) is 0.333. The van der Waals surface area contributed by atoms with Gasteiger partial charge in [0.1, 0.15) is 5.54 Å². The van der Waals surface area contributed by atoms with Crippen LogP contribution < -0.4 is 5.32 Å². The lowest BCUT2D eigenvalue weighted by Gasteiger charge is -2.23. The van der Waals surface area contributed by atoms with Gasteiger partial charge >= 0.3 is 6.03 Å². The molecule has 1 heterocycles. The predicted molar refractivity (Wildman–Crippen MR) is 69.7 cm³/mol. The summed E-state index contributed by atoms with van der Waals surface area (Å²) in [7, 11) is 0. The lowest BCUT2D eigenvalue weighted by Crippen LogP contribution is -2.41. The van der Waals surface area contributed by atoms with Gasteiger partial charge in [0.05, 0.1) is 0 Å². The molecule has 18 heavy (non-hydrogen) atoms. The Hall–Kier alpha value is -1.26. The van der Waals surface area contributed by atoms with E-state index in [1.807, 2.05) is 0 Å². The maximum atomic E-state index is 12.3. The number of nitrogens with zero attached hydrogens (tertiary/aromatic N) is 1. The van der Waals surface area contributed by atoms with Crippen LogP contribution >= 0.6 is 23.2 Å². The Morgan fingerprint density at radius 1 is 1.33 bits per heavy atom. The van der Waals surface area contributed by atoms with Crippen molar-refractivity contribution < 1.29 is 9.59 Å². The van der Waals surface area contributed by atoms with Crippen LogP contribution in [0.3, 0.4) is 0 Å². The fourth-order valence-corrected chi connectivity index (χ4v) is 2.66. The highest BCUT2D eigenvalue weighted by Gasteiger charge is 2.49. The molecule has 0 aromatic heterocycles. The highest BCUT2D eigenvalue weighted by molar-refractivity contribution is 6.35. The first-order chi connectivity index (χ1) is 8.40. The molecule has 1 atom stereocenters. The van der Waals surface area contributed by atoms with Gasteiger partial charge in [-0.05, 0) is 26.0 Å². The molecule has 1 unspecified atom stereocenters. The number of nitrogens with one attached hydrogen (secondary N) is 1. The third-order valence-corrected chi connectivity index (χ3v) is 3.61. The molecule has 1 aliphatic rings. The van der Waals surface area contributed by atoms with Crippen LogP contribution in [0.1, 0.15) is 19.4 Å². The molecule has 1 aromatic rings. The van der Waals surface area contributed by atoms with Crippen LogP contribution in [0, 0.1) is 0 Å². The molecule has 1 fully saturated rings. The first-order valence-corrected chi connectivity index (χ1v) is 6.25. The zero-order chi connectivity index (χ0) is 13.5. The van der Waals surface area contributed by atoms with E-state index in [1.54, 1.807) is 32.0 Å². The lowest BCUT2D eigenvalue weighted by atomic mass is 9.92. The Kier molecular flexibility index (Phi) is 3.25. The number of imide groups is 1. The molecule has 96 valence electrons. The fourth-order valence-electron chi connectivity index (χ4n) is 2.06. The van der Waals surface area contributed by atoms with Crippen molar-refractivity contribution >= 4 is 35.1 Å². The van der Waals surface area contributed by atoms with E-state index in [0.717, 1.165) is 4.90 Å². The van der Waals surface area contributed by atoms with Crippen LogP contribution in [0.4, 0.5) is 4.79 Å². The van der Waals surface area contributed by atoms with Crippen LogP contribution in [0.2, 0.25) is 10.0 Å². The minimum absolute atomic E-state index is 0.306. The summed E-state index contributed by atoms with van der Waals surface area (Å²) in [6, 6.07) is 4.44. The van der Waals surface area contributed by atoms with Gasteiger partial charge in [0.25, 0.3) is 5.91 Å². The largest absolute Gasteiger partial charge is 0.325 e. The van der Waals surface area contributed by atoms with Crippen molar-refractivity contribution in [3.8, 4) is 0 Å². The minimum atomic E-state index is -1.13. The summed E-state index contributed by atoms with van der Waals surface area (Å²) in [4.78, 5) is 25.1. The number of likely N-dealkylation sites (N-methyl/N-ethyl adjacent to an activating group) is 1. The number of benzene rings is 1. The van der Waals surface area contributed by atoms with E-state index >= 15 is 0 Å². The number of amides is 3. The molecule has 1 aliphatic heterocycles. The zero-order valence-corrected chi connectivity index (χ0v) is 11.5. The number of rotatable bonds is 2. The number of halogens is 2. The molecule has 6 heteroatoms. The molecule has 0 spiro atoms. The molecule has 3 amide bonds. The maximum absolute atomic E-state index is 12.3. The van der Waals surface area contributed by atoms with Crippen molar-refractivity contribution in [3.05, 3.63) is 33.8 Å². The number of carbonyl (C=O) groups excluding carboxylic acids is 2. The van der Waals surface area contributed by atoms with Gasteiger partial charge in [-0.25, -0.2) is 4.79 Å². The van der Waals surface area contributed by atoms with E-state index in [4.69, 9.17) is 23.2 Å². The standard InChI is InChI=1S/C12H12Cl2N2O2/c1-3-16-10(17)12(2,15-11(16)18)8-5-4-7(13)6-9(8)14/h4-6H,3H2,1-2H3,(H,15,18). The SMILES string of the molecule is CCN1C(=O)NC(C)(c2ccc(Cl)cc2Cl)C1=O. The molecule has 0 saturated carbocycles. The first kappa shape index (κ1) is 13.2. The van der Waals surface area contributed by atoms with Crippen LogP contribution in [-0.2, 0) is 10.3 Å². The quantitative estimate of drug-likeness (QED) is 0.850. The van der Waals surface area contributed by atoms with Crippen LogP contribution in [0.25, 0.3) is 0 Å². The monoisotopic (exact) mass is 286 g/mol. The van der Waals surface area contributed by atoms with Crippen molar-refractivity contribution in [2.75, 3.05) is 6.54 Å². The van der Waals surface area contributed by atoms with Crippen LogP contribution in [0.15, 0.2) is 18.2 Å². The summed E-state index contributed by atoms with van der Waals surface area (Å²) in [5, 5.41) is 3.51. The molecule has 0 radical (unpaired) electrons. The van der Waals surface area contributed by atoms with Gasteiger partial charge in [-0.3, -0.25) is 9.69 Å². The predicted octanol–water partition coefficient (Wildman–Crippen LogP) is 2.78. The highest BCUT2D eigenvalue weighted by Crippen LogP contribution is 2.34. The Morgan fingerprint density at radius 3 is 2.50 bits per heavy atom. The van der Waals surface area contributed by atoms with E-state index in [9.17, 15) is 9.59 Å². The third kappa shape index (κ3) is 1.85. The molecule has 1 N–H and O–H groups in total. The van der Waals surface area contributed by atoms with E-state index < -0.39 is 11.6 Å². The van der Waals surface area contributed by atoms with Gasteiger partial charge in [0.15, 0.2) is 0 Å². The van der Waals surface area contributed by atoms with E-state index in [1.165, 1.54) is 0 Å². The van der Waals surface area contributed by atoms with Crippen molar-refractivity contribution in [3.63, 3.8) is 0 Å². The Bertz CT molecular complexity index is 533. The average molecular weight is 287 g/mol. The van der Waals surface area contributed by atoms with Gasteiger partial charge in [0, 0.05) is 22.2 Å². The Labute approximate surface area is 115 Å². The van der Waals surface area contributed by atoms with E-state index in [-0.39, 0.29) is 5.91 Å². The average Bonchev–Trinajstić information content (AvgIpc) is 2.50. The number of hydrogen-bond acceptors (Lipinski definition) is 2. The normalized spacial score (nSPS) is 23.4. The zero-order valence-electron chi connectivity index (χ0n) is 9.96. The lowest BCUT2D eigenvalue weighted by molar-refractivity contribution is -0.130. The molecular formula is C12H12Cl2N2O2. The summed E-state index contributed by atoms with van der Waals surface area (Å²) in [5.41, 5.74) is -0.586. The first-order valence-electron chi connectivity index (χ1n) is 5.49. The van der Waals surface area contributed by atoms with Gasteiger partial charge in [-0.1, -0.05) is 29.3 Å². The van der Waals surface area contributed by atoms with Gasteiger partial charge in [-0.15, -0.1) is 0 Å². The number of urea groups is 1. The molecule has 1 saturated heterocycles. The molecule has 0 bridgehead atoms. The van der Waals surface area contributed by atoms with Gasteiger partial charge < -0.3 is 5.32 Å². The molecule has 0 aliphatic carbocycles. The van der Waals surface area contributed by atoms with Gasteiger partial charge in [0.2, 0.25) is 0 Å². The van der Waals surface area contributed by atoms with Gasteiger partial charge in [-0.2, -0.15) is 0 Å². The Balaban J connectivity index is 2.50. The van der Waals surface area contributed by atoms with E-state index in [0.29, 0.717) is 22.2 Å². The summed E-state index contributed by atoms with van der Waals surface area (Å²) >= 11 is 11.9. The third-order valence-electron chi connectivity index (χ3n) is 3.06. The topological polar surface area (TPSA) is 49.4 Å². The van der Waals surface area contributed by atoms with Crippen LogP contribution in [-0.4, -0.2) is 23.4 Å². The smallest absolute Gasteiger partial charge is 0.319 e. The summed E-state index contributed by atoms with van der Waals surface area (Å²) < 4.78 is 0. The highest BCUT2D eigenvalue weighted by atomic mass is 35.5. The van der Waals surface area contributed by atoms with Crippen molar-refractivity contribution in [2.45, 2.75) is 19.4 Å². The minimum Gasteiger partial charge on any atom is -0.319 e. The van der Waals surface area contributed by atoms with Crippen molar-refractivity contribution in [1.29, 1.82) is 0 Å². The molecule has 2 rings (SSSR count). The van der Waals surface area contributed by atoms with E-state index in [2.05, 4.69) is 5.32 Å². The molecule has 1 aromatic carbocycles. The summed E-state index contributed by atoms with van der Waals surface area (Å²) in [6.07, 6.45) is 0. The Morgan fingerprint density at radius 2 is 2.00 bits per heavy atom. The van der Waals surface area contributed by atoms with Crippen LogP contribution in [0.5, 0.6) is 0 Å². The van der Waals surface area contributed by atoms with Crippen molar-refractivity contribution in [1.82, 2.24) is 10.2 Å². The second-order valence-corrected chi connectivity index (χ2v) is 5.07.